The average molecular weight is 406 g/mol. The number of hydrogen-bond donors (Lipinski definition) is 1. The van der Waals surface area contributed by atoms with E-state index in [1.807, 2.05) is 13.0 Å². The number of carbonyl (C=O) groups is 2. The molecule has 28 heavy (non-hydrogen) atoms. The van der Waals surface area contributed by atoms with Gasteiger partial charge in [0.2, 0.25) is 0 Å². The molecule has 1 N–H and O–H groups in total. The van der Waals surface area contributed by atoms with Gasteiger partial charge in [-0.1, -0.05) is 6.92 Å². The number of hydrogen-bond acceptors (Lipinski definition) is 7. The molecule has 152 valence electrons. The van der Waals surface area contributed by atoms with E-state index in [9.17, 15) is 9.59 Å². The molecule has 1 amide bonds. The van der Waals surface area contributed by atoms with Crippen LogP contribution < -0.4 is 5.32 Å². The second-order valence-corrected chi connectivity index (χ2v) is 8.29. The number of nitrogens with zero attached hydrogens (tertiary/aromatic N) is 2. The van der Waals surface area contributed by atoms with E-state index in [1.165, 1.54) is 6.92 Å². The molecule has 1 saturated carbocycles. The Morgan fingerprint density at radius 3 is 2.68 bits per heavy atom. The zero-order chi connectivity index (χ0) is 20.9. The Bertz CT molecular complexity index is 771. The van der Waals surface area contributed by atoms with E-state index in [0.29, 0.717) is 12.1 Å². The number of thiocarbonyl (C=S) groups is 1. The van der Waals surface area contributed by atoms with Crippen molar-refractivity contribution in [3.8, 4) is 0 Å². The molecule has 2 rings (SSSR count). The summed E-state index contributed by atoms with van der Waals surface area (Å²) >= 11 is 4.74. The maximum Gasteiger partial charge on any atom is 0.408 e. The third-order valence-electron chi connectivity index (χ3n) is 4.60. The van der Waals surface area contributed by atoms with E-state index in [0.717, 1.165) is 12.0 Å². The molecule has 4 atom stereocenters. The lowest BCUT2D eigenvalue weighted by molar-refractivity contribution is -0.152. The average Bonchev–Trinajstić information content (AvgIpc) is 2.56. The second kappa shape index (κ2) is 9.26. The first-order valence-corrected chi connectivity index (χ1v) is 9.70. The normalized spacial score (nSPS) is 24.6. The molecule has 0 aliphatic heterocycles. The van der Waals surface area contributed by atoms with Crippen molar-refractivity contribution in [1.82, 2.24) is 10.3 Å². The van der Waals surface area contributed by atoms with Crippen LogP contribution in [0.1, 0.15) is 58.9 Å². The zero-order valence-electron chi connectivity index (χ0n) is 16.9. The van der Waals surface area contributed by atoms with Crippen LogP contribution in [0, 0.1) is 5.92 Å². The van der Waals surface area contributed by atoms with Crippen LogP contribution in [-0.4, -0.2) is 40.0 Å². The summed E-state index contributed by atoms with van der Waals surface area (Å²) in [4.78, 5) is 32.2. The Labute approximate surface area is 170 Å². The summed E-state index contributed by atoms with van der Waals surface area (Å²) in [5, 5.41) is 5.28. The summed E-state index contributed by atoms with van der Waals surface area (Å²) in [5.41, 5.74) is 1.03. The fourth-order valence-corrected chi connectivity index (χ4v) is 3.74. The van der Waals surface area contributed by atoms with Crippen molar-refractivity contribution in [2.75, 3.05) is 0 Å². The predicted molar refractivity (Wildman–Crippen MR) is 109 cm³/mol. The molecule has 1 aromatic heterocycles. The first kappa shape index (κ1) is 22.0. The number of esters is 1. The van der Waals surface area contributed by atoms with E-state index < -0.39 is 17.8 Å². The quantitative estimate of drug-likeness (QED) is 0.460. The van der Waals surface area contributed by atoms with Gasteiger partial charge in [0.25, 0.3) is 0 Å². The minimum Gasteiger partial charge on any atom is -0.460 e. The van der Waals surface area contributed by atoms with Gasteiger partial charge in [0.05, 0.1) is 23.1 Å². The van der Waals surface area contributed by atoms with E-state index in [4.69, 9.17) is 21.7 Å². The number of alkyl carbamates (subject to hydrolysis) is 1. The van der Waals surface area contributed by atoms with Crippen molar-refractivity contribution in [2.24, 2.45) is 10.9 Å². The van der Waals surface area contributed by atoms with Crippen LogP contribution in [0.25, 0.3) is 0 Å². The molecule has 0 radical (unpaired) electrons. The first-order valence-electron chi connectivity index (χ1n) is 9.29. The van der Waals surface area contributed by atoms with Crippen LogP contribution in [0.15, 0.2) is 23.5 Å². The SMILES string of the molecule is CC(=O)OC1C(C)CC(c2ccncc2N=C=S)CC1NC(=O)OC(C)(C)C. The van der Waals surface area contributed by atoms with Crippen LogP contribution in [0.3, 0.4) is 0 Å². The number of isothiocyanates is 1. The van der Waals surface area contributed by atoms with Crippen molar-refractivity contribution in [1.29, 1.82) is 0 Å². The lowest BCUT2D eigenvalue weighted by atomic mass is 9.74. The Hall–Kier alpha value is -2.31. The molecule has 0 aromatic carbocycles. The third-order valence-corrected chi connectivity index (χ3v) is 4.69. The molecule has 8 heteroatoms. The van der Waals surface area contributed by atoms with E-state index in [2.05, 4.69) is 20.5 Å². The van der Waals surface area contributed by atoms with Gasteiger partial charge < -0.3 is 14.8 Å². The minimum absolute atomic E-state index is 0.0278. The molecule has 1 fully saturated rings. The van der Waals surface area contributed by atoms with E-state index >= 15 is 0 Å². The van der Waals surface area contributed by atoms with E-state index in [1.54, 1.807) is 33.2 Å². The minimum atomic E-state index is -0.618. The Morgan fingerprint density at radius 1 is 1.36 bits per heavy atom. The summed E-state index contributed by atoms with van der Waals surface area (Å²) in [6.45, 7) is 8.78. The summed E-state index contributed by atoms with van der Waals surface area (Å²) in [6, 6.07) is 1.52. The van der Waals surface area contributed by atoms with Crippen LogP contribution in [0.5, 0.6) is 0 Å². The summed E-state index contributed by atoms with van der Waals surface area (Å²) in [5.74, 6) is -0.256. The molecule has 1 aliphatic rings. The van der Waals surface area contributed by atoms with Crippen molar-refractivity contribution >= 4 is 35.1 Å². The lowest BCUT2D eigenvalue weighted by Gasteiger charge is -2.40. The molecule has 1 heterocycles. The zero-order valence-corrected chi connectivity index (χ0v) is 17.7. The van der Waals surface area contributed by atoms with Crippen molar-refractivity contribution in [3.05, 3.63) is 24.0 Å². The van der Waals surface area contributed by atoms with Crippen LogP contribution in [0.2, 0.25) is 0 Å². The summed E-state index contributed by atoms with van der Waals surface area (Å²) in [7, 11) is 0. The summed E-state index contributed by atoms with van der Waals surface area (Å²) in [6.07, 6.45) is 3.74. The number of rotatable bonds is 4. The smallest absolute Gasteiger partial charge is 0.408 e. The Kier molecular flexibility index (Phi) is 7.27. The highest BCUT2D eigenvalue weighted by molar-refractivity contribution is 7.78. The molecule has 1 aromatic rings. The van der Waals surface area contributed by atoms with Crippen molar-refractivity contribution in [3.63, 3.8) is 0 Å². The fourth-order valence-electron chi connectivity index (χ4n) is 3.64. The van der Waals surface area contributed by atoms with Gasteiger partial charge in [0, 0.05) is 13.1 Å². The van der Waals surface area contributed by atoms with Gasteiger partial charge in [-0.05, 0) is 69.3 Å². The Morgan fingerprint density at radius 2 is 2.07 bits per heavy atom. The first-order chi connectivity index (χ1) is 13.1. The van der Waals surface area contributed by atoms with Gasteiger partial charge in [0.1, 0.15) is 11.7 Å². The van der Waals surface area contributed by atoms with Gasteiger partial charge in [-0.2, -0.15) is 4.99 Å². The molecular weight excluding hydrogens is 378 g/mol. The number of ether oxygens (including phenoxy) is 2. The van der Waals surface area contributed by atoms with Crippen LogP contribution in [0.4, 0.5) is 10.5 Å². The second-order valence-electron chi connectivity index (χ2n) is 8.11. The van der Waals surface area contributed by atoms with Gasteiger partial charge in [-0.25, -0.2) is 4.79 Å². The molecule has 1 aliphatic carbocycles. The molecule has 0 spiro atoms. The number of carbonyl (C=O) groups excluding carboxylic acids is 2. The van der Waals surface area contributed by atoms with Crippen molar-refractivity contribution in [2.45, 2.75) is 71.1 Å². The largest absolute Gasteiger partial charge is 0.460 e. The standard InChI is InChI=1S/C20H27N3O4S/c1-12-8-14(15-6-7-21-10-17(15)22-11-28)9-16(18(12)26-13(2)24)23-19(25)27-20(3,4)5/h6-7,10,12,14,16,18H,8-9H2,1-5H3,(H,23,25). The maximum atomic E-state index is 12.4. The predicted octanol–water partition coefficient (Wildman–Crippen LogP) is 4.15. The molecule has 0 bridgehead atoms. The van der Waals surface area contributed by atoms with Gasteiger partial charge in [-0.3, -0.25) is 9.78 Å². The van der Waals surface area contributed by atoms with Crippen LogP contribution >= 0.6 is 12.2 Å². The lowest BCUT2D eigenvalue weighted by Crippen LogP contribution is -2.52. The molecule has 7 nitrogen and oxygen atoms in total. The summed E-state index contributed by atoms with van der Waals surface area (Å²) < 4.78 is 10.9. The van der Waals surface area contributed by atoms with Gasteiger partial charge in [0.15, 0.2) is 0 Å². The topological polar surface area (TPSA) is 89.9 Å². The van der Waals surface area contributed by atoms with Gasteiger partial charge in [-0.15, -0.1) is 0 Å². The fraction of sp³-hybridized carbons (Fsp3) is 0.600. The van der Waals surface area contributed by atoms with E-state index in [-0.39, 0.29) is 23.8 Å². The highest BCUT2D eigenvalue weighted by atomic mass is 32.1. The third kappa shape index (κ3) is 6.11. The maximum absolute atomic E-state index is 12.4. The monoisotopic (exact) mass is 405 g/mol. The number of amides is 1. The van der Waals surface area contributed by atoms with Crippen LogP contribution in [-0.2, 0) is 14.3 Å². The highest BCUT2D eigenvalue weighted by Gasteiger charge is 2.40. The highest BCUT2D eigenvalue weighted by Crippen LogP contribution is 2.41. The number of pyridine rings is 1. The molecule has 0 saturated heterocycles. The molecule has 4 unspecified atom stereocenters. The van der Waals surface area contributed by atoms with Crippen molar-refractivity contribution < 1.29 is 19.1 Å². The van der Waals surface area contributed by atoms with Gasteiger partial charge >= 0.3 is 12.1 Å². The Balaban J connectivity index is 2.28. The number of aliphatic imine (C=N–C) groups is 1. The molecular formula is C20H27N3O4S. The number of nitrogens with one attached hydrogen (secondary N) is 1. The number of aromatic nitrogens is 1.